The van der Waals surface area contributed by atoms with Gasteiger partial charge in [-0.3, -0.25) is 9.59 Å². The molecule has 0 bridgehead atoms. The van der Waals surface area contributed by atoms with E-state index < -0.39 is 50.0 Å². The lowest BCUT2D eigenvalue weighted by Crippen LogP contribution is -2.73. The van der Waals surface area contributed by atoms with Crippen LogP contribution in [0.5, 0.6) is 0 Å². The molecule has 2 N–H and O–H groups in total. The monoisotopic (exact) mass is 369 g/mol. The Hall–Kier alpha value is -1.83. The average Bonchev–Trinajstić information content (AvgIpc) is 2.41. The van der Waals surface area contributed by atoms with Crippen molar-refractivity contribution in [3.63, 3.8) is 0 Å². The first-order valence-electron chi connectivity index (χ1n) is 8.25. The SMILES string of the molecule is C[C@@H](C(=O)C(=[N+]=[N-])C(=O)O)[C@H]1NC(=O)[C@@H]1[C@@](C)(O[SiH](C)C)C(C)(C)C. The van der Waals surface area contributed by atoms with E-state index in [0.717, 1.165) is 0 Å². The number of nitrogens with zero attached hydrogens (tertiary/aromatic N) is 2. The lowest BCUT2D eigenvalue weighted by atomic mass is 9.62. The van der Waals surface area contributed by atoms with Crippen molar-refractivity contribution in [1.29, 1.82) is 0 Å². The Morgan fingerprint density at radius 3 is 2.16 bits per heavy atom. The second-order valence-corrected chi connectivity index (χ2v) is 10.3. The molecule has 8 nitrogen and oxygen atoms in total. The zero-order valence-electron chi connectivity index (χ0n) is 15.8. The second kappa shape index (κ2) is 7.19. The summed E-state index contributed by atoms with van der Waals surface area (Å²) in [4.78, 5) is 38.3. The van der Waals surface area contributed by atoms with E-state index in [9.17, 15) is 14.4 Å². The highest BCUT2D eigenvalue weighted by Crippen LogP contribution is 2.46. The molecule has 0 aromatic carbocycles. The molecule has 0 aromatic rings. The van der Waals surface area contributed by atoms with Crippen LogP contribution in [0.25, 0.3) is 5.53 Å². The first-order chi connectivity index (χ1) is 11.3. The minimum atomic E-state index is -1.61. The molecule has 25 heavy (non-hydrogen) atoms. The van der Waals surface area contributed by atoms with Crippen molar-refractivity contribution < 1.29 is 28.7 Å². The van der Waals surface area contributed by atoms with Crippen molar-refractivity contribution in [2.75, 3.05) is 0 Å². The maximum Gasteiger partial charge on any atom is 0.441 e. The minimum Gasteiger partial charge on any atom is -0.472 e. The summed E-state index contributed by atoms with van der Waals surface area (Å²) >= 11 is 0. The zero-order chi connectivity index (χ0) is 19.7. The van der Waals surface area contributed by atoms with E-state index in [1.165, 1.54) is 6.92 Å². The van der Waals surface area contributed by atoms with Gasteiger partial charge in [-0.2, -0.15) is 4.79 Å². The summed E-state index contributed by atoms with van der Waals surface area (Å²) in [6.07, 6.45) is 0. The highest BCUT2D eigenvalue weighted by Gasteiger charge is 2.60. The molecule has 1 saturated heterocycles. The molecule has 1 rings (SSSR count). The Kier molecular flexibility index (Phi) is 6.10. The van der Waals surface area contributed by atoms with Gasteiger partial charge >= 0.3 is 11.7 Å². The fourth-order valence-electron chi connectivity index (χ4n) is 3.19. The lowest BCUT2D eigenvalue weighted by molar-refractivity contribution is -0.163. The number of ketones is 1. The number of rotatable bonds is 7. The van der Waals surface area contributed by atoms with Gasteiger partial charge in [0.15, 0.2) is 9.04 Å². The number of nitrogens with one attached hydrogen (secondary N) is 1. The number of carbonyl (C=O) groups is 3. The van der Waals surface area contributed by atoms with E-state index in [0.29, 0.717) is 0 Å². The van der Waals surface area contributed by atoms with Gasteiger partial charge in [-0.1, -0.05) is 27.7 Å². The standard InChI is InChI=1S/C16H27N3O5Si/c1-8(12(20)11(19-17)14(22)23)10-9(13(21)18-10)16(5,15(2,3)4)24-25(6)7/h8-10,25H,1-7H3,(H,18,21)(H,22,23)/t8-,9-,10-,16-/m1/s1. The fourth-order valence-corrected chi connectivity index (χ4v) is 4.67. The molecule has 1 aliphatic heterocycles. The van der Waals surface area contributed by atoms with Crippen LogP contribution in [0.2, 0.25) is 13.1 Å². The van der Waals surface area contributed by atoms with Crippen molar-refractivity contribution in [1.82, 2.24) is 5.32 Å². The Morgan fingerprint density at radius 1 is 1.32 bits per heavy atom. The molecule has 1 fully saturated rings. The van der Waals surface area contributed by atoms with Crippen LogP contribution < -0.4 is 5.32 Å². The molecular weight excluding hydrogens is 342 g/mol. The molecule has 1 heterocycles. The highest BCUT2D eigenvalue weighted by atomic mass is 28.3. The summed E-state index contributed by atoms with van der Waals surface area (Å²) < 4.78 is 6.24. The summed E-state index contributed by atoms with van der Waals surface area (Å²) in [6, 6.07) is -0.590. The molecule has 9 heteroatoms. The van der Waals surface area contributed by atoms with Gasteiger partial charge in [0, 0.05) is 5.92 Å². The van der Waals surface area contributed by atoms with E-state index in [1.807, 2.05) is 40.8 Å². The average molecular weight is 369 g/mol. The number of amides is 1. The minimum absolute atomic E-state index is 0.227. The molecule has 1 aliphatic rings. The van der Waals surface area contributed by atoms with Gasteiger partial charge in [0.05, 0.1) is 17.6 Å². The number of carboxylic acid groups (broad SMARTS) is 1. The summed E-state index contributed by atoms with van der Waals surface area (Å²) in [7, 11) is -1.51. The van der Waals surface area contributed by atoms with E-state index in [4.69, 9.17) is 15.1 Å². The van der Waals surface area contributed by atoms with Crippen molar-refractivity contribution in [3.05, 3.63) is 5.53 Å². The Bertz CT molecular complexity index is 636. The van der Waals surface area contributed by atoms with Crippen LogP contribution >= 0.6 is 0 Å². The number of β-lactam (4-membered cyclic amide) rings is 1. The largest absolute Gasteiger partial charge is 0.472 e. The van der Waals surface area contributed by atoms with Crippen molar-refractivity contribution in [2.24, 2.45) is 17.3 Å². The summed E-state index contributed by atoms with van der Waals surface area (Å²) in [5.41, 5.74) is 6.66. The molecule has 0 aromatic heterocycles. The molecule has 0 radical (unpaired) electrons. The van der Waals surface area contributed by atoms with E-state index in [1.54, 1.807) is 0 Å². The van der Waals surface area contributed by atoms with Gasteiger partial charge in [-0.05, 0) is 25.4 Å². The smallest absolute Gasteiger partial charge is 0.441 e. The van der Waals surface area contributed by atoms with Crippen molar-refractivity contribution >= 4 is 32.4 Å². The Balaban J connectivity index is 3.22. The van der Waals surface area contributed by atoms with E-state index >= 15 is 0 Å². The lowest BCUT2D eigenvalue weighted by Gasteiger charge is -2.55. The van der Waals surface area contributed by atoms with E-state index in [2.05, 4.69) is 10.1 Å². The normalized spacial score (nSPS) is 23.8. The molecule has 4 atom stereocenters. The van der Waals surface area contributed by atoms with Crippen molar-refractivity contribution in [3.8, 4) is 0 Å². The molecule has 0 unspecified atom stereocenters. The second-order valence-electron chi connectivity index (χ2n) is 7.94. The van der Waals surface area contributed by atoms with Crippen LogP contribution in [0, 0.1) is 17.3 Å². The third-order valence-corrected chi connectivity index (χ3v) is 5.96. The predicted molar refractivity (Wildman–Crippen MR) is 93.7 cm³/mol. The molecular formula is C16H27N3O5Si. The number of hydrogen-bond acceptors (Lipinski definition) is 4. The molecule has 140 valence electrons. The Labute approximate surface area is 149 Å². The van der Waals surface area contributed by atoms with Crippen LogP contribution in [0.1, 0.15) is 34.6 Å². The molecule has 0 spiro atoms. The Morgan fingerprint density at radius 2 is 1.84 bits per heavy atom. The van der Waals surface area contributed by atoms with Crippen LogP contribution in [0.15, 0.2) is 0 Å². The third-order valence-electron chi connectivity index (χ3n) is 5.00. The molecule has 0 aliphatic carbocycles. The van der Waals surface area contributed by atoms with Gasteiger partial charge in [0.1, 0.15) is 0 Å². The maximum absolute atomic E-state index is 12.3. The summed E-state index contributed by atoms with van der Waals surface area (Å²) in [5, 5.41) is 11.7. The van der Waals surface area contributed by atoms with Gasteiger partial charge < -0.3 is 20.4 Å². The van der Waals surface area contributed by atoms with Gasteiger partial charge in [0.25, 0.3) is 5.78 Å². The number of carbonyl (C=O) groups excluding carboxylic acids is 2. The van der Waals surface area contributed by atoms with Crippen LogP contribution in [-0.4, -0.2) is 54.0 Å². The molecule has 0 saturated carbocycles. The first kappa shape index (κ1) is 21.2. The first-order valence-corrected chi connectivity index (χ1v) is 11.0. The number of aliphatic carboxylic acids is 1. The number of carboxylic acids is 1. The number of Topliss-reactive ketones (excluding diaryl/α,β-unsaturated/α-hetero) is 1. The zero-order valence-corrected chi connectivity index (χ0v) is 16.9. The predicted octanol–water partition coefficient (Wildman–Crippen LogP) is 0.866. The summed E-state index contributed by atoms with van der Waals surface area (Å²) in [6.45, 7) is 13.3. The van der Waals surface area contributed by atoms with Gasteiger partial charge in [-0.15, -0.1) is 0 Å². The van der Waals surface area contributed by atoms with Gasteiger partial charge in [0.2, 0.25) is 5.91 Å². The maximum atomic E-state index is 12.3. The molecule has 1 amide bonds. The topological polar surface area (TPSA) is 129 Å². The fraction of sp³-hybridized carbons (Fsp3) is 0.750. The van der Waals surface area contributed by atoms with Gasteiger partial charge in [-0.25, -0.2) is 4.79 Å². The van der Waals surface area contributed by atoms with Crippen LogP contribution in [0.4, 0.5) is 0 Å². The van der Waals surface area contributed by atoms with Crippen LogP contribution in [0.3, 0.4) is 0 Å². The third kappa shape index (κ3) is 3.89. The summed E-state index contributed by atoms with van der Waals surface area (Å²) in [5.74, 6) is -4.12. The van der Waals surface area contributed by atoms with Crippen molar-refractivity contribution in [2.45, 2.75) is 59.4 Å². The quantitative estimate of drug-likeness (QED) is 0.172. The highest BCUT2D eigenvalue weighted by molar-refractivity contribution is 6.62. The van der Waals surface area contributed by atoms with E-state index in [-0.39, 0.29) is 11.3 Å². The number of hydrogen-bond donors (Lipinski definition) is 2. The van der Waals surface area contributed by atoms with Crippen LogP contribution in [-0.2, 0) is 18.8 Å².